The smallest absolute Gasteiger partial charge is 0.273 e. The third kappa shape index (κ3) is 4.30. The molecule has 0 fully saturated rings. The number of rotatable bonds is 6. The molecule has 2 aromatic rings. The molecular formula is C16H14N3O6-. The number of carbonyl (C=O) groups excluding carboxylic acids is 1. The monoisotopic (exact) mass is 344 g/mol. The van der Waals surface area contributed by atoms with Crippen LogP contribution in [0.15, 0.2) is 47.6 Å². The Morgan fingerprint density at radius 2 is 2.04 bits per heavy atom. The van der Waals surface area contributed by atoms with Gasteiger partial charge in [-0.15, -0.1) is 0 Å². The van der Waals surface area contributed by atoms with Crippen molar-refractivity contribution >= 4 is 17.8 Å². The average Bonchev–Trinajstić information content (AvgIpc) is 2.62. The standard InChI is InChI=1S/C16H15N3O6/c1-25-13-8-10(7-12(15(13)21)19(23)24)9-17-18-16(22)14(20)11-5-3-2-4-6-11/h2-9,14,20-21H,1H3,(H,18,22)/p-1/t14-/m0/s1. The highest BCUT2D eigenvalue weighted by Gasteiger charge is 2.16. The molecule has 0 aliphatic rings. The minimum atomic E-state index is -1.41. The number of carbonyl (C=O) groups is 1. The van der Waals surface area contributed by atoms with Crippen LogP contribution in [0.3, 0.4) is 0 Å². The molecule has 2 N–H and O–H groups in total. The first-order valence-electron chi connectivity index (χ1n) is 7.03. The number of aliphatic hydroxyl groups is 1. The van der Waals surface area contributed by atoms with Crippen molar-refractivity contribution in [2.75, 3.05) is 7.11 Å². The number of amides is 1. The highest BCUT2D eigenvalue weighted by Crippen LogP contribution is 2.33. The van der Waals surface area contributed by atoms with Crippen LogP contribution in [0.25, 0.3) is 0 Å². The fraction of sp³-hybridized carbons (Fsp3) is 0.125. The van der Waals surface area contributed by atoms with Crippen molar-refractivity contribution in [1.29, 1.82) is 0 Å². The lowest BCUT2D eigenvalue weighted by Gasteiger charge is -2.13. The first-order valence-corrected chi connectivity index (χ1v) is 7.03. The van der Waals surface area contributed by atoms with Crippen LogP contribution in [-0.4, -0.2) is 29.3 Å². The van der Waals surface area contributed by atoms with Gasteiger partial charge < -0.3 is 14.9 Å². The van der Waals surface area contributed by atoms with Crippen molar-refractivity contribution in [3.8, 4) is 11.5 Å². The highest BCUT2D eigenvalue weighted by molar-refractivity contribution is 5.86. The number of hydrogen-bond donors (Lipinski definition) is 2. The van der Waals surface area contributed by atoms with Crippen molar-refractivity contribution in [2.45, 2.75) is 6.10 Å². The van der Waals surface area contributed by atoms with Gasteiger partial charge in [0.05, 0.1) is 18.2 Å². The third-order valence-electron chi connectivity index (χ3n) is 3.23. The Balaban J connectivity index is 2.13. The molecule has 9 heteroatoms. The van der Waals surface area contributed by atoms with E-state index in [1.165, 1.54) is 13.2 Å². The summed E-state index contributed by atoms with van der Waals surface area (Å²) in [6.07, 6.45) is -0.309. The van der Waals surface area contributed by atoms with Gasteiger partial charge in [0.2, 0.25) is 0 Å². The zero-order valence-corrected chi connectivity index (χ0v) is 13.1. The van der Waals surface area contributed by atoms with Crippen molar-refractivity contribution in [2.24, 2.45) is 5.10 Å². The molecule has 0 radical (unpaired) electrons. The van der Waals surface area contributed by atoms with E-state index in [0.29, 0.717) is 5.56 Å². The van der Waals surface area contributed by atoms with Crippen molar-refractivity contribution < 1.29 is 24.7 Å². The molecule has 0 spiro atoms. The van der Waals surface area contributed by atoms with E-state index in [2.05, 4.69) is 10.5 Å². The number of benzene rings is 2. The minimum absolute atomic E-state index is 0.178. The molecule has 0 heterocycles. The van der Waals surface area contributed by atoms with Crippen LogP contribution >= 0.6 is 0 Å². The quantitative estimate of drug-likeness (QED) is 0.453. The van der Waals surface area contributed by atoms with Gasteiger partial charge in [0.1, 0.15) is 5.75 Å². The van der Waals surface area contributed by atoms with Crippen LogP contribution in [0, 0.1) is 10.1 Å². The first-order chi connectivity index (χ1) is 11.9. The van der Waals surface area contributed by atoms with Crippen molar-refractivity contribution in [3.05, 3.63) is 63.7 Å². The van der Waals surface area contributed by atoms with Gasteiger partial charge in [-0.25, -0.2) is 5.43 Å². The normalized spacial score (nSPS) is 11.9. The molecule has 0 unspecified atom stereocenters. The number of ether oxygens (including phenoxy) is 1. The zero-order valence-electron chi connectivity index (χ0n) is 13.1. The molecule has 0 aromatic heterocycles. The van der Waals surface area contributed by atoms with E-state index in [1.54, 1.807) is 30.3 Å². The van der Waals surface area contributed by atoms with Gasteiger partial charge in [0.15, 0.2) is 6.10 Å². The molecule has 25 heavy (non-hydrogen) atoms. The molecule has 0 saturated carbocycles. The second-order valence-electron chi connectivity index (χ2n) is 4.88. The minimum Gasteiger partial charge on any atom is -0.865 e. The number of hydrogen-bond acceptors (Lipinski definition) is 7. The van der Waals surface area contributed by atoms with Gasteiger partial charge >= 0.3 is 0 Å². The maximum atomic E-state index is 11.8. The highest BCUT2D eigenvalue weighted by atomic mass is 16.6. The molecule has 1 atom stereocenters. The van der Waals surface area contributed by atoms with Crippen LogP contribution < -0.4 is 15.3 Å². The number of nitro benzene ring substituents is 1. The van der Waals surface area contributed by atoms with Gasteiger partial charge in [-0.2, -0.15) is 5.10 Å². The second-order valence-corrected chi connectivity index (χ2v) is 4.88. The summed E-state index contributed by atoms with van der Waals surface area (Å²) < 4.78 is 4.79. The van der Waals surface area contributed by atoms with Crippen LogP contribution in [0.4, 0.5) is 5.69 Å². The molecule has 0 bridgehead atoms. The number of nitrogens with zero attached hydrogens (tertiary/aromatic N) is 2. The maximum absolute atomic E-state index is 11.8. The van der Waals surface area contributed by atoms with Crippen LogP contribution in [0.1, 0.15) is 17.2 Å². The van der Waals surface area contributed by atoms with Crippen LogP contribution in [0.2, 0.25) is 0 Å². The van der Waals surface area contributed by atoms with E-state index < -0.39 is 28.4 Å². The summed E-state index contributed by atoms with van der Waals surface area (Å²) in [5, 5.41) is 36.1. The van der Waals surface area contributed by atoms with Crippen LogP contribution in [-0.2, 0) is 4.79 Å². The molecule has 2 rings (SSSR count). The Hall–Kier alpha value is -3.46. The average molecular weight is 344 g/mol. The number of nitrogens with one attached hydrogen (secondary N) is 1. The van der Waals surface area contributed by atoms with E-state index in [9.17, 15) is 25.1 Å². The maximum Gasteiger partial charge on any atom is 0.273 e. The van der Waals surface area contributed by atoms with Gasteiger partial charge in [-0.05, 0) is 11.6 Å². The first kappa shape index (κ1) is 17.9. The molecule has 2 aromatic carbocycles. The summed E-state index contributed by atoms with van der Waals surface area (Å²) in [7, 11) is 1.21. The number of hydrazone groups is 1. The second kappa shape index (κ2) is 7.88. The zero-order chi connectivity index (χ0) is 18.4. The van der Waals surface area contributed by atoms with E-state index in [4.69, 9.17) is 4.74 Å². The molecule has 0 saturated heterocycles. The SMILES string of the molecule is COc1cc(C=NNC(=O)[C@@H](O)c2ccccc2)cc([N+](=O)[O-])c1[O-]. The lowest BCUT2D eigenvalue weighted by molar-refractivity contribution is -0.398. The fourth-order valence-electron chi connectivity index (χ4n) is 1.99. The summed E-state index contributed by atoms with van der Waals surface area (Å²) in [6.45, 7) is 0. The van der Waals surface area contributed by atoms with Crippen molar-refractivity contribution in [3.63, 3.8) is 0 Å². The third-order valence-corrected chi connectivity index (χ3v) is 3.23. The summed E-state index contributed by atoms with van der Waals surface area (Å²) in [4.78, 5) is 21.9. The number of methoxy groups -OCH3 is 1. The Morgan fingerprint density at radius 1 is 1.36 bits per heavy atom. The number of aliphatic hydroxyl groups excluding tert-OH is 1. The topological polar surface area (TPSA) is 137 Å². The van der Waals surface area contributed by atoms with Gasteiger partial charge in [-0.3, -0.25) is 14.9 Å². The van der Waals surface area contributed by atoms with E-state index in [-0.39, 0.29) is 11.3 Å². The molecule has 1 amide bonds. The predicted octanol–water partition coefficient (Wildman–Crippen LogP) is 0.861. The van der Waals surface area contributed by atoms with Crippen molar-refractivity contribution in [1.82, 2.24) is 5.43 Å². The summed E-state index contributed by atoms with van der Waals surface area (Å²) in [5.74, 6) is -1.84. The Morgan fingerprint density at radius 3 is 2.64 bits per heavy atom. The van der Waals surface area contributed by atoms with Crippen LogP contribution in [0.5, 0.6) is 11.5 Å². The molecular weight excluding hydrogens is 330 g/mol. The van der Waals surface area contributed by atoms with E-state index in [1.807, 2.05) is 0 Å². The van der Waals surface area contributed by atoms with Gasteiger partial charge in [0, 0.05) is 17.4 Å². The Bertz CT molecular complexity index is 807. The van der Waals surface area contributed by atoms with Gasteiger partial charge in [0.25, 0.3) is 11.6 Å². The molecule has 9 nitrogen and oxygen atoms in total. The largest absolute Gasteiger partial charge is 0.865 e. The molecule has 0 aliphatic heterocycles. The van der Waals surface area contributed by atoms with Gasteiger partial charge in [-0.1, -0.05) is 30.3 Å². The Labute approximate surface area is 142 Å². The lowest BCUT2D eigenvalue weighted by Crippen LogP contribution is -2.25. The number of nitro groups is 1. The summed E-state index contributed by atoms with van der Waals surface area (Å²) >= 11 is 0. The fourth-order valence-corrected chi connectivity index (χ4v) is 1.99. The molecule has 130 valence electrons. The molecule has 0 aliphatic carbocycles. The summed E-state index contributed by atoms with van der Waals surface area (Å²) in [6, 6.07) is 10.5. The Kier molecular flexibility index (Phi) is 5.64. The predicted molar refractivity (Wildman–Crippen MR) is 86.2 cm³/mol. The van der Waals surface area contributed by atoms with E-state index in [0.717, 1.165) is 12.3 Å². The summed E-state index contributed by atoms with van der Waals surface area (Å²) in [5.41, 5.74) is 2.02. The lowest BCUT2D eigenvalue weighted by atomic mass is 10.1. The van der Waals surface area contributed by atoms with E-state index >= 15 is 0 Å².